The number of carbonyl (C=O) groups excluding carboxylic acids is 2. The Hall–Kier alpha value is -2.05. The Morgan fingerprint density at radius 1 is 1.17 bits per heavy atom. The van der Waals surface area contributed by atoms with Crippen molar-refractivity contribution in [3.63, 3.8) is 0 Å². The minimum Gasteiger partial charge on any atom is -0.352 e. The Morgan fingerprint density at radius 2 is 1.74 bits per heavy atom. The van der Waals surface area contributed by atoms with Crippen molar-refractivity contribution in [2.45, 2.75) is 33.2 Å². The standard InChI is InChI=1S/C16H31N5O2/c1-12(2)9-17-15(18-10-14(23)20(6)7)21(8)11-13(22)19-16(3,4)5/h1,9-11H2,2-8H3,(H,17,18)(H,19,22). The first-order chi connectivity index (χ1) is 10.4. The van der Waals surface area contributed by atoms with Gasteiger partial charge < -0.3 is 20.4 Å². The van der Waals surface area contributed by atoms with Crippen LogP contribution >= 0.6 is 0 Å². The number of amides is 2. The molecule has 0 spiro atoms. The van der Waals surface area contributed by atoms with Gasteiger partial charge in [0.25, 0.3) is 0 Å². The Labute approximate surface area is 139 Å². The van der Waals surface area contributed by atoms with E-state index in [1.807, 2.05) is 27.7 Å². The zero-order chi connectivity index (χ0) is 18.2. The van der Waals surface area contributed by atoms with E-state index in [-0.39, 0.29) is 30.4 Å². The lowest BCUT2D eigenvalue weighted by Gasteiger charge is -2.25. The van der Waals surface area contributed by atoms with Gasteiger partial charge in [-0.15, -0.1) is 0 Å². The molecule has 0 heterocycles. The number of aliphatic imine (C=N–C) groups is 1. The first-order valence-corrected chi connectivity index (χ1v) is 7.57. The molecule has 23 heavy (non-hydrogen) atoms. The molecule has 0 aliphatic rings. The molecule has 0 aromatic rings. The van der Waals surface area contributed by atoms with Crippen LogP contribution in [0.5, 0.6) is 0 Å². The van der Waals surface area contributed by atoms with Crippen LogP contribution in [0, 0.1) is 0 Å². The summed E-state index contributed by atoms with van der Waals surface area (Å²) in [5.41, 5.74) is 0.644. The number of rotatable bonds is 6. The van der Waals surface area contributed by atoms with E-state index in [0.29, 0.717) is 12.5 Å². The van der Waals surface area contributed by atoms with Crippen LogP contribution in [0.15, 0.2) is 17.1 Å². The molecule has 0 saturated heterocycles. The van der Waals surface area contributed by atoms with Crippen LogP contribution in [-0.4, -0.2) is 73.9 Å². The van der Waals surface area contributed by atoms with E-state index in [9.17, 15) is 9.59 Å². The van der Waals surface area contributed by atoms with E-state index in [2.05, 4.69) is 22.2 Å². The molecule has 2 N–H and O–H groups in total. The second-order valence-corrected chi connectivity index (χ2v) is 6.89. The van der Waals surface area contributed by atoms with Gasteiger partial charge in [-0.1, -0.05) is 12.2 Å². The van der Waals surface area contributed by atoms with Gasteiger partial charge in [-0.25, -0.2) is 4.99 Å². The molecule has 0 fully saturated rings. The Kier molecular flexibility index (Phi) is 8.35. The van der Waals surface area contributed by atoms with Gasteiger partial charge in [0.1, 0.15) is 6.54 Å². The quantitative estimate of drug-likeness (QED) is 0.422. The Balaban J connectivity index is 4.89. The second kappa shape index (κ2) is 9.17. The third-order valence-electron chi connectivity index (χ3n) is 2.67. The van der Waals surface area contributed by atoms with E-state index >= 15 is 0 Å². The topological polar surface area (TPSA) is 77.0 Å². The van der Waals surface area contributed by atoms with Crippen LogP contribution in [0.25, 0.3) is 0 Å². The third-order valence-corrected chi connectivity index (χ3v) is 2.67. The molecule has 0 aromatic carbocycles. The molecule has 0 rings (SSSR count). The third kappa shape index (κ3) is 10.3. The maximum absolute atomic E-state index is 12.0. The molecule has 0 aliphatic heterocycles. The summed E-state index contributed by atoms with van der Waals surface area (Å²) < 4.78 is 0. The molecule has 0 aromatic heterocycles. The predicted octanol–water partition coefficient (Wildman–Crippen LogP) is 0.443. The van der Waals surface area contributed by atoms with Gasteiger partial charge in [0.15, 0.2) is 5.96 Å². The van der Waals surface area contributed by atoms with Gasteiger partial charge in [0.05, 0.1) is 6.54 Å². The number of nitrogens with zero attached hydrogens (tertiary/aromatic N) is 3. The zero-order valence-electron chi connectivity index (χ0n) is 15.5. The van der Waals surface area contributed by atoms with Gasteiger partial charge in [0, 0.05) is 33.2 Å². The summed E-state index contributed by atoms with van der Waals surface area (Å²) >= 11 is 0. The summed E-state index contributed by atoms with van der Waals surface area (Å²) in [5.74, 6) is 0.281. The van der Waals surface area contributed by atoms with Gasteiger partial charge in [0.2, 0.25) is 11.8 Å². The van der Waals surface area contributed by atoms with Crippen molar-refractivity contribution in [1.82, 2.24) is 20.4 Å². The van der Waals surface area contributed by atoms with Crippen LogP contribution in [0.3, 0.4) is 0 Å². The molecule has 7 nitrogen and oxygen atoms in total. The number of likely N-dealkylation sites (N-methyl/N-ethyl adjacent to an activating group) is 2. The first-order valence-electron chi connectivity index (χ1n) is 7.57. The van der Waals surface area contributed by atoms with Crippen molar-refractivity contribution < 1.29 is 9.59 Å². The van der Waals surface area contributed by atoms with Gasteiger partial charge >= 0.3 is 0 Å². The number of carbonyl (C=O) groups is 2. The highest BCUT2D eigenvalue weighted by atomic mass is 16.2. The lowest BCUT2D eigenvalue weighted by Crippen LogP contribution is -2.49. The van der Waals surface area contributed by atoms with Gasteiger partial charge in [-0.2, -0.15) is 0 Å². The molecule has 0 saturated carbocycles. The van der Waals surface area contributed by atoms with Crippen molar-refractivity contribution in [1.29, 1.82) is 0 Å². The summed E-state index contributed by atoms with van der Waals surface area (Å²) in [6, 6.07) is 0. The molecule has 0 bridgehead atoms. The fourth-order valence-electron chi connectivity index (χ4n) is 1.57. The monoisotopic (exact) mass is 325 g/mol. The predicted molar refractivity (Wildman–Crippen MR) is 94.3 cm³/mol. The minimum atomic E-state index is -0.290. The van der Waals surface area contributed by atoms with E-state index in [0.717, 1.165) is 5.57 Å². The Bertz CT molecular complexity index is 464. The number of guanidine groups is 1. The van der Waals surface area contributed by atoms with E-state index in [1.54, 1.807) is 26.0 Å². The van der Waals surface area contributed by atoms with Crippen LogP contribution < -0.4 is 10.6 Å². The largest absolute Gasteiger partial charge is 0.352 e. The molecule has 0 radical (unpaired) electrons. The Morgan fingerprint density at radius 3 is 2.17 bits per heavy atom. The number of hydrogen-bond acceptors (Lipinski definition) is 3. The summed E-state index contributed by atoms with van der Waals surface area (Å²) in [6.45, 7) is 12.2. The summed E-state index contributed by atoms with van der Waals surface area (Å²) in [7, 11) is 5.12. The van der Waals surface area contributed by atoms with Crippen LogP contribution in [-0.2, 0) is 9.59 Å². The maximum atomic E-state index is 12.0. The SMILES string of the molecule is C=C(C)CNC(=NCC(=O)N(C)C)N(C)CC(=O)NC(C)(C)C. The van der Waals surface area contributed by atoms with E-state index in [1.165, 1.54) is 4.90 Å². The van der Waals surface area contributed by atoms with Crippen LogP contribution in [0.4, 0.5) is 0 Å². The van der Waals surface area contributed by atoms with Crippen LogP contribution in [0.1, 0.15) is 27.7 Å². The van der Waals surface area contributed by atoms with Crippen molar-refractivity contribution in [2.75, 3.05) is 40.8 Å². The maximum Gasteiger partial charge on any atom is 0.243 e. The molecule has 0 atom stereocenters. The smallest absolute Gasteiger partial charge is 0.243 e. The number of hydrogen-bond donors (Lipinski definition) is 2. The molecule has 132 valence electrons. The van der Waals surface area contributed by atoms with Crippen molar-refractivity contribution in [3.8, 4) is 0 Å². The van der Waals surface area contributed by atoms with Gasteiger partial charge in [-0.3, -0.25) is 9.59 Å². The highest BCUT2D eigenvalue weighted by Crippen LogP contribution is 1.99. The average molecular weight is 325 g/mol. The molecular formula is C16H31N5O2. The average Bonchev–Trinajstić information content (AvgIpc) is 2.35. The highest BCUT2D eigenvalue weighted by molar-refractivity contribution is 5.88. The minimum absolute atomic E-state index is 0.0246. The normalized spacial score (nSPS) is 11.7. The lowest BCUT2D eigenvalue weighted by molar-refractivity contribution is -0.127. The molecule has 7 heteroatoms. The first kappa shape index (κ1) is 20.9. The van der Waals surface area contributed by atoms with Crippen molar-refractivity contribution >= 4 is 17.8 Å². The molecule has 0 unspecified atom stereocenters. The second-order valence-electron chi connectivity index (χ2n) is 6.89. The number of nitrogens with one attached hydrogen (secondary N) is 2. The highest BCUT2D eigenvalue weighted by Gasteiger charge is 2.17. The fraction of sp³-hybridized carbons (Fsp3) is 0.688. The molecule has 2 amide bonds. The van der Waals surface area contributed by atoms with Crippen molar-refractivity contribution in [2.24, 2.45) is 4.99 Å². The van der Waals surface area contributed by atoms with Crippen LogP contribution in [0.2, 0.25) is 0 Å². The summed E-state index contributed by atoms with van der Waals surface area (Å²) in [4.78, 5) is 31.2. The van der Waals surface area contributed by atoms with E-state index < -0.39 is 0 Å². The van der Waals surface area contributed by atoms with E-state index in [4.69, 9.17) is 0 Å². The lowest BCUT2D eigenvalue weighted by atomic mass is 10.1. The zero-order valence-corrected chi connectivity index (χ0v) is 15.5. The molecule has 0 aliphatic carbocycles. The fourth-order valence-corrected chi connectivity index (χ4v) is 1.57. The van der Waals surface area contributed by atoms with Gasteiger partial charge in [-0.05, 0) is 27.7 Å². The summed E-state index contributed by atoms with van der Waals surface area (Å²) in [5, 5.41) is 6.00. The van der Waals surface area contributed by atoms with Crippen molar-refractivity contribution in [3.05, 3.63) is 12.2 Å². The summed E-state index contributed by atoms with van der Waals surface area (Å²) in [6.07, 6.45) is 0. The molecular weight excluding hydrogens is 294 g/mol.